The van der Waals surface area contributed by atoms with E-state index in [1.807, 2.05) is 24.3 Å². The van der Waals surface area contributed by atoms with Crippen LogP contribution in [0.3, 0.4) is 0 Å². The number of halogens is 2. The number of nitrogens with one attached hydrogen (secondary N) is 5. The first-order valence-corrected chi connectivity index (χ1v) is 52.2. The zero-order chi connectivity index (χ0) is 95.3. The molecule has 0 radical (unpaired) electrons. The summed E-state index contributed by atoms with van der Waals surface area (Å²) in [6.07, 6.45) is 26.9. The molecule has 4 heterocycles. The topological polar surface area (TPSA) is 100 Å². The molecule has 0 amide bonds. The fourth-order valence-electron chi connectivity index (χ4n) is 21.5. The Labute approximate surface area is 815 Å². The molecule has 4 aliphatic heterocycles. The molecule has 10 aromatic carbocycles. The molecular formula is C123H170F2N6O4. The molecular weight excluding hydrogens is 1660 g/mol. The Morgan fingerprint density at radius 1 is 0.341 bits per heavy atom. The molecule has 5 N–H and O–H groups in total. The van der Waals surface area contributed by atoms with Crippen LogP contribution < -0.4 is 31.5 Å². The first-order chi connectivity index (χ1) is 65.5. The van der Waals surface area contributed by atoms with Crippen LogP contribution in [0.25, 0.3) is 0 Å². The third-order valence-electron chi connectivity index (χ3n) is 29.8. The second-order valence-electron chi connectivity index (χ2n) is 41.8. The summed E-state index contributed by atoms with van der Waals surface area (Å²) in [5.41, 5.74) is 17.7. The van der Waals surface area contributed by atoms with Crippen molar-refractivity contribution in [3.8, 4) is 0 Å². The first kappa shape index (κ1) is 107. The summed E-state index contributed by atoms with van der Waals surface area (Å²) in [5.74, 6) is 7.34. The van der Waals surface area contributed by atoms with Crippen molar-refractivity contribution in [1.29, 1.82) is 0 Å². The summed E-state index contributed by atoms with van der Waals surface area (Å²) in [4.78, 5) is 2.13. The molecule has 10 aromatic rings. The highest BCUT2D eigenvalue weighted by Crippen LogP contribution is 2.44. The highest BCUT2D eigenvalue weighted by atomic mass is 19.1. The second kappa shape index (κ2) is 57.8. The Hall–Kier alpha value is -8.50. The summed E-state index contributed by atoms with van der Waals surface area (Å²) in [6, 6.07) is 95.6. The molecule has 135 heavy (non-hydrogen) atoms. The average Bonchev–Trinajstić information content (AvgIpc) is 0.788. The van der Waals surface area contributed by atoms with Crippen LogP contribution in [-0.2, 0) is 64.4 Å². The SMILES string of the molecule is CC(C)c1ccc(CNCCC(Cc2ccccc2)C2CCOC(C)(C)C2)cc1.CC(NCCC(Cc1ccccc1)C1CCOC(C)(C)C1)c1ccccc1.CCC1(C)CC(C(CCNCc2ccc(F)cc2)c2ccc(C)cc2)CCO1.CN(C)c1ccc(CNCCC(c2ccccc2)C2CCOCC2)cc1.Fc1ccc(CNCCC(Cc2ccccc2)C2CCCCC2)cc1. The molecule has 5 fully saturated rings. The number of hydrogen-bond donors (Lipinski definition) is 5. The first-order valence-electron chi connectivity index (χ1n) is 52.2. The van der Waals surface area contributed by atoms with Gasteiger partial charge in [-0.1, -0.05) is 295 Å². The van der Waals surface area contributed by atoms with Crippen LogP contribution in [0.2, 0.25) is 0 Å². The minimum atomic E-state index is -0.179. The maximum Gasteiger partial charge on any atom is 0.123 e. The van der Waals surface area contributed by atoms with Crippen LogP contribution in [0.1, 0.15) is 275 Å². The maximum atomic E-state index is 13.1. The number of rotatable bonds is 41. The molecule has 15 rings (SSSR count). The normalized spacial score (nSPS) is 19.7. The van der Waals surface area contributed by atoms with E-state index in [0.29, 0.717) is 41.5 Å². The Balaban J connectivity index is 0.000000162. The summed E-state index contributed by atoms with van der Waals surface area (Å²) < 4.78 is 49.7. The van der Waals surface area contributed by atoms with Gasteiger partial charge in [0, 0.05) is 85.0 Å². The van der Waals surface area contributed by atoms with E-state index < -0.39 is 0 Å². The average molecular weight is 1830 g/mol. The zero-order valence-electron chi connectivity index (χ0n) is 84.7. The lowest BCUT2D eigenvalue weighted by molar-refractivity contribution is -0.0915. The summed E-state index contributed by atoms with van der Waals surface area (Å²) in [5, 5.41) is 18.2. The van der Waals surface area contributed by atoms with Crippen molar-refractivity contribution in [3.63, 3.8) is 0 Å². The Bertz CT molecular complexity index is 4770. The molecule has 4 saturated heterocycles. The summed E-state index contributed by atoms with van der Waals surface area (Å²) in [7, 11) is 4.15. The van der Waals surface area contributed by atoms with E-state index in [0.717, 1.165) is 158 Å². The van der Waals surface area contributed by atoms with Gasteiger partial charge in [-0.05, 0) is 353 Å². The summed E-state index contributed by atoms with van der Waals surface area (Å²) in [6.45, 7) is 35.5. The molecule has 10 unspecified atom stereocenters. The zero-order valence-corrected chi connectivity index (χ0v) is 84.7. The molecule has 0 aromatic heterocycles. The molecule has 5 aliphatic rings. The lowest BCUT2D eigenvalue weighted by atomic mass is 9.74. The summed E-state index contributed by atoms with van der Waals surface area (Å²) >= 11 is 0. The van der Waals surface area contributed by atoms with Crippen molar-refractivity contribution in [2.24, 2.45) is 47.3 Å². The predicted molar refractivity (Wildman–Crippen MR) is 564 cm³/mol. The third-order valence-corrected chi connectivity index (χ3v) is 29.8. The third kappa shape index (κ3) is 38.7. The Morgan fingerprint density at radius 3 is 1.12 bits per heavy atom. The van der Waals surface area contributed by atoms with E-state index in [1.165, 1.54) is 201 Å². The molecule has 10 nitrogen and oxygen atoms in total. The molecule has 730 valence electrons. The molecule has 0 spiro atoms. The largest absolute Gasteiger partial charge is 0.381 e. The van der Waals surface area contributed by atoms with Gasteiger partial charge in [0.05, 0.1) is 16.8 Å². The predicted octanol–water partition coefficient (Wildman–Crippen LogP) is 28.3. The lowest BCUT2D eigenvalue weighted by Crippen LogP contribution is -2.38. The number of nitrogens with zero attached hydrogens (tertiary/aromatic N) is 1. The van der Waals surface area contributed by atoms with Gasteiger partial charge >= 0.3 is 0 Å². The van der Waals surface area contributed by atoms with Crippen LogP contribution in [0.15, 0.2) is 273 Å². The number of benzene rings is 10. The van der Waals surface area contributed by atoms with Gasteiger partial charge in [-0.3, -0.25) is 0 Å². The van der Waals surface area contributed by atoms with Crippen molar-refractivity contribution in [2.45, 2.75) is 277 Å². The van der Waals surface area contributed by atoms with Gasteiger partial charge in [-0.2, -0.15) is 0 Å². The standard InChI is InChI=1S/C27H39NO.C25H34FNO.C25H35NO.C23H30FN.C23H32N2O/c1-21(2)24-12-10-23(11-13-24)20-28-16-14-25(18-22-8-6-5-7-9-22)26-15-17-29-27(3,4)19-26;1-4-25(3)17-22(14-16-28-25)24(21-9-5-19(2)6-10-21)13-15-27-18-20-7-11-23(26)12-8-20;1-20(22-12-8-5-9-13-22)26-16-14-23(18-21-10-6-4-7-11-21)24-15-17-27-25(2,3)19-24;24-23-13-11-20(12-14-23)18-25-16-15-22(21-9-5-2-6-10-21)17-19-7-3-1-4-8-19;1-25(2)22-10-8-19(9-11-22)18-24-15-12-23(20-6-4-3-5-7-20)21-13-16-26-17-14-21/h5-13,21,25-26,28H,14-20H2,1-4H3;5-12,22,24,27H,4,13-18H2,1-3H3;4-13,20,23-24,26H,14-19H2,1-3H3;1,3-4,7-8,11-14,21-22,25H,2,5-6,9-10,15-18H2;3-11,21,23-24H,12-18H2,1-2H3. The van der Waals surface area contributed by atoms with E-state index in [4.69, 9.17) is 18.9 Å². The van der Waals surface area contributed by atoms with Gasteiger partial charge in [-0.15, -0.1) is 0 Å². The van der Waals surface area contributed by atoms with Gasteiger partial charge in [0.25, 0.3) is 0 Å². The van der Waals surface area contributed by atoms with Crippen LogP contribution in [0.5, 0.6) is 0 Å². The van der Waals surface area contributed by atoms with E-state index in [2.05, 4.69) is 339 Å². The van der Waals surface area contributed by atoms with E-state index in [-0.39, 0.29) is 28.4 Å². The second-order valence-corrected chi connectivity index (χ2v) is 41.8. The van der Waals surface area contributed by atoms with Gasteiger partial charge in [0.2, 0.25) is 0 Å². The molecule has 0 bridgehead atoms. The highest BCUT2D eigenvalue weighted by Gasteiger charge is 2.38. The number of ether oxygens (including phenoxy) is 4. The number of hydrogen-bond acceptors (Lipinski definition) is 10. The minimum Gasteiger partial charge on any atom is -0.381 e. The smallest absolute Gasteiger partial charge is 0.123 e. The van der Waals surface area contributed by atoms with Gasteiger partial charge < -0.3 is 50.4 Å². The van der Waals surface area contributed by atoms with E-state index in [1.54, 1.807) is 0 Å². The molecule has 1 saturated carbocycles. The Kier molecular flexibility index (Phi) is 45.8. The number of aryl methyl sites for hydroxylation is 1. The quantitative estimate of drug-likeness (QED) is 0.0238. The van der Waals surface area contributed by atoms with Gasteiger partial charge in [0.1, 0.15) is 11.6 Å². The lowest BCUT2D eigenvalue weighted by Gasteiger charge is -2.41. The van der Waals surface area contributed by atoms with Crippen molar-refractivity contribution in [3.05, 3.63) is 351 Å². The number of anilines is 1. The molecule has 1 aliphatic carbocycles. The van der Waals surface area contributed by atoms with E-state index in [9.17, 15) is 8.78 Å². The monoisotopic (exact) mass is 1830 g/mol. The molecule has 10 atom stereocenters. The van der Waals surface area contributed by atoms with Crippen LogP contribution >= 0.6 is 0 Å². The van der Waals surface area contributed by atoms with Crippen molar-refractivity contribution in [1.82, 2.24) is 26.6 Å². The minimum absolute atomic E-state index is 0.00735. The van der Waals surface area contributed by atoms with Crippen molar-refractivity contribution in [2.75, 3.05) is 84.8 Å². The fraction of sp³-hybridized carbons (Fsp3) is 0.512. The van der Waals surface area contributed by atoms with Crippen molar-refractivity contribution >= 4 is 5.69 Å². The van der Waals surface area contributed by atoms with Crippen LogP contribution in [0, 0.1) is 65.9 Å². The highest BCUT2D eigenvalue weighted by molar-refractivity contribution is 5.46. The Morgan fingerprint density at radius 2 is 0.696 bits per heavy atom. The maximum absolute atomic E-state index is 13.1. The van der Waals surface area contributed by atoms with Crippen LogP contribution in [-0.4, -0.2) is 96.7 Å². The van der Waals surface area contributed by atoms with Crippen molar-refractivity contribution < 1.29 is 27.7 Å². The molecule has 12 heteroatoms. The van der Waals surface area contributed by atoms with Crippen LogP contribution in [0.4, 0.5) is 14.5 Å². The van der Waals surface area contributed by atoms with Gasteiger partial charge in [0.15, 0.2) is 0 Å². The van der Waals surface area contributed by atoms with Gasteiger partial charge in [-0.25, -0.2) is 8.78 Å². The van der Waals surface area contributed by atoms with E-state index >= 15 is 0 Å². The fourth-order valence-corrected chi connectivity index (χ4v) is 21.5.